The number of nitrogens with one attached hydrogen (secondary N) is 1. The van der Waals surface area contributed by atoms with Crippen molar-refractivity contribution in [3.05, 3.63) is 83.9 Å². The number of amidine groups is 1. The summed E-state index contributed by atoms with van der Waals surface area (Å²) >= 11 is 0. The number of hydrogen-bond acceptors (Lipinski definition) is 6. The quantitative estimate of drug-likeness (QED) is 0.483. The third-order valence-electron chi connectivity index (χ3n) is 6.73. The zero-order chi connectivity index (χ0) is 27.6. The van der Waals surface area contributed by atoms with Crippen LogP contribution in [0.5, 0.6) is 5.75 Å². The molecule has 9 nitrogen and oxygen atoms in total. The normalized spacial score (nSPS) is 17.4. The molecule has 5 rings (SSSR count). The van der Waals surface area contributed by atoms with Crippen LogP contribution < -0.4 is 19.9 Å². The fourth-order valence-electron chi connectivity index (χ4n) is 4.84. The fraction of sp³-hybridized carbons (Fsp3) is 0.276. The SMILES string of the molecule is CCCN1C(C)=NS(=O)(=O)c2cc(C(=O)N3CC(C(=O)NCCc4ccccc4)Oc4ccccc43)ccc21. The van der Waals surface area contributed by atoms with Crippen molar-refractivity contribution in [1.29, 1.82) is 0 Å². The Morgan fingerprint density at radius 2 is 1.77 bits per heavy atom. The van der Waals surface area contributed by atoms with Gasteiger partial charge < -0.3 is 19.9 Å². The van der Waals surface area contributed by atoms with Crippen LogP contribution in [-0.2, 0) is 21.2 Å². The maximum Gasteiger partial charge on any atom is 0.286 e. The van der Waals surface area contributed by atoms with Crippen LogP contribution in [0.15, 0.2) is 82.1 Å². The van der Waals surface area contributed by atoms with Crippen LogP contribution >= 0.6 is 0 Å². The first-order chi connectivity index (χ1) is 18.8. The molecule has 0 spiro atoms. The molecule has 1 atom stereocenters. The maximum absolute atomic E-state index is 13.8. The van der Waals surface area contributed by atoms with Gasteiger partial charge in [0.15, 0.2) is 6.10 Å². The van der Waals surface area contributed by atoms with Gasteiger partial charge in [-0.2, -0.15) is 8.42 Å². The summed E-state index contributed by atoms with van der Waals surface area (Å²) < 4.78 is 35.7. The van der Waals surface area contributed by atoms with Crippen LogP contribution in [0.4, 0.5) is 11.4 Å². The molecule has 0 aliphatic carbocycles. The molecule has 0 aromatic heterocycles. The molecule has 0 fully saturated rings. The van der Waals surface area contributed by atoms with E-state index in [1.54, 1.807) is 43.3 Å². The van der Waals surface area contributed by atoms with Gasteiger partial charge in [-0.1, -0.05) is 49.4 Å². The lowest BCUT2D eigenvalue weighted by molar-refractivity contribution is -0.127. The summed E-state index contributed by atoms with van der Waals surface area (Å²) in [6, 6.07) is 21.4. The summed E-state index contributed by atoms with van der Waals surface area (Å²) in [4.78, 5) is 30.1. The minimum Gasteiger partial charge on any atom is -0.477 e. The smallest absolute Gasteiger partial charge is 0.286 e. The van der Waals surface area contributed by atoms with E-state index in [1.165, 1.54) is 11.0 Å². The van der Waals surface area contributed by atoms with Gasteiger partial charge in [-0.3, -0.25) is 9.59 Å². The lowest BCUT2D eigenvalue weighted by atomic mass is 10.1. The Labute approximate surface area is 228 Å². The van der Waals surface area contributed by atoms with Gasteiger partial charge in [-0.25, -0.2) is 0 Å². The molecule has 1 N–H and O–H groups in total. The summed E-state index contributed by atoms with van der Waals surface area (Å²) in [7, 11) is -3.96. The topological polar surface area (TPSA) is 108 Å². The first-order valence-corrected chi connectivity index (χ1v) is 14.3. The van der Waals surface area contributed by atoms with Gasteiger partial charge in [-0.05, 0) is 55.7 Å². The Balaban J connectivity index is 1.39. The molecule has 0 radical (unpaired) electrons. The van der Waals surface area contributed by atoms with Gasteiger partial charge in [-0.15, -0.1) is 4.40 Å². The van der Waals surface area contributed by atoms with E-state index in [9.17, 15) is 18.0 Å². The van der Waals surface area contributed by atoms with Gasteiger partial charge in [0, 0.05) is 18.7 Å². The van der Waals surface area contributed by atoms with E-state index in [1.807, 2.05) is 42.2 Å². The van der Waals surface area contributed by atoms with Gasteiger partial charge in [0.05, 0.1) is 17.9 Å². The third-order valence-corrected chi connectivity index (χ3v) is 8.12. The second kappa shape index (κ2) is 10.9. The highest BCUT2D eigenvalue weighted by atomic mass is 32.2. The molecular formula is C29H30N4O5S. The average Bonchev–Trinajstić information content (AvgIpc) is 2.94. The molecule has 202 valence electrons. The Hall–Kier alpha value is -4.18. The summed E-state index contributed by atoms with van der Waals surface area (Å²) in [5.41, 5.74) is 2.30. The highest BCUT2D eigenvalue weighted by molar-refractivity contribution is 7.90. The molecule has 2 amide bonds. The predicted octanol–water partition coefficient (Wildman–Crippen LogP) is 3.79. The number of anilines is 2. The lowest BCUT2D eigenvalue weighted by Gasteiger charge is -2.34. The number of carbonyl (C=O) groups is 2. The monoisotopic (exact) mass is 546 g/mol. The molecule has 0 saturated carbocycles. The molecule has 3 aromatic carbocycles. The zero-order valence-corrected chi connectivity index (χ0v) is 22.6. The van der Waals surface area contributed by atoms with Crippen LogP contribution in [0.25, 0.3) is 0 Å². The van der Waals surface area contributed by atoms with Crippen LogP contribution in [0, 0.1) is 0 Å². The van der Waals surface area contributed by atoms with E-state index in [4.69, 9.17) is 4.74 Å². The number of hydrogen-bond donors (Lipinski definition) is 1. The van der Waals surface area contributed by atoms with E-state index in [0.717, 1.165) is 12.0 Å². The largest absolute Gasteiger partial charge is 0.477 e. The van der Waals surface area contributed by atoms with Gasteiger partial charge in [0.1, 0.15) is 16.5 Å². The number of sulfonamides is 1. The molecule has 1 unspecified atom stereocenters. The zero-order valence-electron chi connectivity index (χ0n) is 21.8. The molecule has 2 heterocycles. The summed E-state index contributed by atoms with van der Waals surface area (Å²) in [6.07, 6.45) is 0.541. The highest BCUT2D eigenvalue weighted by Gasteiger charge is 2.35. The molecule has 0 bridgehead atoms. The molecule has 39 heavy (non-hydrogen) atoms. The molecule has 2 aliphatic rings. The maximum atomic E-state index is 13.8. The van der Waals surface area contributed by atoms with E-state index in [0.29, 0.717) is 42.5 Å². The van der Waals surface area contributed by atoms with Crippen molar-refractivity contribution in [2.75, 3.05) is 29.4 Å². The standard InChI is InChI=1S/C29H30N4O5S/c1-3-17-32-20(2)31-39(36,37)27-18-22(13-14-24(27)32)29(35)33-19-26(38-25-12-8-7-11-23(25)33)28(34)30-16-15-21-9-5-4-6-10-21/h4-14,18,26H,3,15-17,19H2,1-2H3,(H,30,34). The van der Waals surface area contributed by atoms with E-state index >= 15 is 0 Å². The highest BCUT2D eigenvalue weighted by Crippen LogP contribution is 2.36. The van der Waals surface area contributed by atoms with Crippen LogP contribution in [0.2, 0.25) is 0 Å². The number of para-hydroxylation sites is 2. The number of benzene rings is 3. The molecule has 3 aromatic rings. The van der Waals surface area contributed by atoms with Crippen molar-refractivity contribution >= 4 is 39.0 Å². The Morgan fingerprint density at radius 1 is 1.03 bits per heavy atom. The van der Waals surface area contributed by atoms with E-state index in [2.05, 4.69) is 9.71 Å². The van der Waals surface area contributed by atoms with Crippen LogP contribution in [0.1, 0.15) is 36.2 Å². The Bertz CT molecular complexity index is 1540. The fourth-order valence-corrected chi connectivity index (χ4v) is 6.10. The number of fused-ring (bicyclic) bond motifs is 2. The average molecular weight is 547 g/mol. The number of amides is 2. The first-order valence-electron chi connectivity index (χ1n) is 12.9. The molecular weight excluding hydrogens is 516 g/mol. The van der Waals surface area contributed by atoms with Crippen LogP contribution in [0.3, 0.4) is 0 Å². The van der Waals surface area contributed by atoms with Crippen molar-refractivity contribution in [1.82, 2.24) is 5.32 Å². The van der Waals surface area contributed by atoms with Gasteiger partial charge in [0.2, 0.25) is 0 Å². The van der Waals surface area contributed by atoms with Crippen molar-refractivity contribution in [2.24, 2.45) is 4.40 Å². The minimum atomic E-state index is -3.96. The molecule has 10 heteroatoms. The number of ether oxygens (including phenoxy) is 1. The third kappa shape index (κ3) is 5.37. The predicted molar refractivity (Wildman–Crippen MR) is 150 cm³/mol. The Kier molecular flexibility index (Phi) is 7.38. The summed E-state index contributed by atoms with van der Waals surface area (Å²) in [6.45, 7) is 4.66. The van der Waals surface area contributed by atoms with Crippen LogP contribution in [-0.4, -0.2) is 51.8 Å². The van der Waals surface area contributed by atoms with Gasteiger partial charge in [0.25, 0.3) is 21.8 Å². The molecule has 2 aliphatic heterocycles. The van der Waals surface area contributed by atoms with Crippen molar-refractivity contribution in [3.63, 3.8) is 0 Å². The number of nitrogens with zero attached hydrogens (tertiary/aromatic N) is 3. The molecule has 0 saturated heterocycles. The van der Waals surface area contributed by atoms with Crippen molar-refractivity contribution in [3.8, 4) is 5.75 Å². The first kappa shape index (κ1) is 26.4. The van der Waals surface area contributed by atoms with E-state index in [-0.39, 0.29) is 22.9 Å². The Morgan fingerprint density at radius 3 is 2.54 bits per heavy atom. The second-order valence-corrected chi connectivity index (χ2v) is 11.0. The second-order valence-electron chi connectivity index (χ2n) is 9.46. The number of carbonyl (C=O) groups excluding carboxylic acids is 2. The van der Waals surface area contributed by atoms with Gasteiger partial charge >= 0.3 is 0 Å². The number of rotatable bonds is 7. The summed E-state index contributed by atoms with van der Waals surface area (Å²) in [5, 5.41) is 2.90. The van der Waals surface area contributed by atoms with Crippen molar-refractivity contribution < 1.29 is 22.7 Å². The minimum absolute atomic E-state index is 0.0100. The summed E-state index contributed by atoms with van der Waals surface area (Å²) in [5.74, 6) is 0.0392. The van der Waals surface area contributed by atoms with Crippen molar-refractivity contribution in [2.45, 2.75) is 37.7 Å². The lowest BCUT2D eigenvalue weighted by Crippen LogP contribution is -2.51. The van der Waals surface area contributed by atoms with E-state index < -0.39 is 22.0 Å².